The second-order valence-corrected chi connectivity index (χ2v) is 5.21. The summed E-state index contributed by atoms with van der Waals surface area (Å²) in [6.45, 7) is 6.86. The quantitative estimate of drug-likeness (QED) is 0.770. The molecule has 0 fully saturated rings. The predicted octanol–water partition coefficient (Wildman–Crippen LogP) is 2.79. The molecular formula is C13H21ClN2O. The lowest BCUT2D eigenvalue weighted by molar-refractivity contribution is 0.143. The molecule has 4 heteroatoms. The van der Waals surface area contributed by atoms with Gasteiger partial charge in [0.15, 0.2) is 0 Å². The molecule has 0 saturated carbocycles. The van der Waals surface area contributed by atoms with Crippen molar-refractivity contribution in [2.75, 3.05) is 6.54 Å². The van der Waals surface area contributed by atoms with Crippen LogP contribution in [0.2, 0.25) is 5.15 Å². The number of halogens is 1. The van der Waals surface area contributed by atoms with Crippen LogP contribution in [-0.2, 0) is 0 Å². The number of hydrogen-bond donors (Lipinski definition) is 2. The van der Waals surface area contributed by atoms with Crippen molar-refractivity contribution in [2.45, 2.75) is 39.3 Å². The summed E-state index contributed by atoms with van der Waals surface area (Å²) in [4.78, 5) is 3.95. The molecule has 0 saturated heterocycles. The summed E-state index contributed by atoms with van der Waals surface area (Å²) in [6, 6.07) is 3.93. The van der Waals surface area contributed by atoms with Gasteiger partial charge >= 0.3 is 0 Å². The Morgan fingerprint density at radius 2 is 2.12 bits per heavy atom. The van der Waals surface area contributed by atoms with Crippen molar-refractivity contribution >= 4 is 11.6 Å². The van der Waals surface area contributed by atoms with Crippen molar-refractivity contribution in [3.63, 3.8) is 0 Å². The van der Waals surface area contributed by atoms with Crippen LogP contribution in [0.15, 0.2) is 18.3 Å². The molecular weight excluding hydrogens is 236 g/mol. The van der Waals surface area contributed by atoms with Crippen LogP contribution in [0.3, 0.4) is 0 Å². The van der Waals surface area contributed by atoms with Gasteiger partial charge in [0.1, 0.15) is 5.15 Å². The SMILES string of the molecule is CC(C)CC(O)CNC(C)c1ccnc(Cl)c1. The molecule has 0 aliphatic carbocycles. The molecule has 0 bridgehead atoms. The van der Waals surface area contributed by atoms with Gasteiger partial charge in [-0.25, -0.2) is 4.98 Å². The number of hydrogen-bond acceptors (Lipinski definition) is 3. The third kappa shape index (κ3) is 5.48. The number of aromatic nitrogens is 1. The molecule has 3 nitrogen and oxygen atoms in total. The lowest BCUT2D eigenvalue weighted by atomic mass is 10.1. The van der Waals surface area contributed by atoms with E-state index in [1.165, 1.54) is 0 Å². The molecule has 0 radical (unpaired) electrons. The number of nitrogens with zero attached hydrogens (tertiary/aromatic N) is 1. The van der Waals surface area contributed by atoms with Gasteiger partial charge in [-0.3, -0.25) is 0 Å². The second kappa shape index (κ2) is 6.94. The van der Waals surface area contributed by atoms with Gasteiger partial charge in [0.2, 0.25) is 0 Å². The van der Waals surface area contributed by atoms with Crippen LogP contribution in [0.1, 0.15) is 38.8 Å². The van der Waals surface area contributed by atoms with Gasteiger partial charge in [-0.1, -0.05) is 25.4 Å². The van der Waals surface area contributed by atoms with Crippen molar-refractivity contribution in [3.8, 4) is 0 Å². The molecule has 0 aliphatic rings. The number of pyridine rings is 1. The highest BCUT2D eigenvalue weighted by Gasteiger charge is 2.10. The topological polar surface area (TPSA) is 45.1 Å². The molecule has 0 spiro atoms. The van der Waals surface area contributed by atoms with Crippen molar-refractivity contribution in [1.29, 1.82) is 0 Å². The lowest BCUT2D eigenvalue weighted by Gasteiger charge is -2.18. The maximum Gasteiger partial charge on any atom is 0.129 e. The van der Waals surface area contributed by atoms with Gasteiger partial charge in [0.05, 0.1) is 6.10 Å². The molecule has 2 N–H and O–H groups in total. The Hall–Kier alpha value is -0.640. The smallest absolute Gasteiger partial charge is 0.129 e. The summed E-state index contributed by atoms with van der Waals surface area (Å²) < 4.78 is 0. The average molecular weight is 257 g/mol. The first-order chi connectivity index (χ1) is 7.99. The van der Waals surface area contributed by atoms with Crippen molar-refractivity contribution < 1.29 is 5.11 Å². The fraction of sp³-hybridized carbons (Fsp3) is 0.615. The number of nitrogens with one attached hydrogen (secondary N) is 1. The van der Waals surface area contributed by atoms with Crippen LogP contribution >= 0.6 is 11.6 Å². The maximum atomic E-state index is 9.77. The molecule has 96 valence electrons. The highest BCUT2D eigenvalue weighted by molar-refractivity contribution is 6.29. The van der Waals surface area contributed by atoms with Gasteiger partial charge in [-0.2, -0.15) is 0 Å². The predicted molar refractivity (Wildman–Crippen MR) is 71.1 cm³/mol. The summed E-state index contributed by atoms with van der Waals surface area (Å²) in [6.07, 6.45) is 2.21. The van der Waals surface area contributed by atoms with E-state index < -0.39 is 0 Å². The maximum absolute atomic E-state index is 9.77. The zero-order valence-electron chi connectivity index (χ0n) is 10.7. The summed E-state index contributed by atoms with van der Waals surface area (Å²) in [5.74, 6) is 0.512. The van der Waals surface area contributed by atoms with Crippen LogP contribution in [-0.4, -0.2) is 22.7 Å². The van der Waals surface area contributed by atoms with E-state index in [0.29, 0.717) is 17.6 Å². The molecule has 2 unspecified atom stereocenters. The van der Waals surface area contributed by atoms with Gasteiger partial charge in [-0.05, 0) is 37.0 Å². The Bertz CT molecular complexity index is 344. The Labute approximate surface area is 108 Å². The van der Waals surface area contributed by atoms with E-state index in [0.717, 1.165) is 12.0 Å². The monoisotopic (exact) mass is 256 g/mol. The van der Waals surface area contributed by atoms with Crippen LogP contribution in [0.5, 0.6) is 0 Å². The molecule has 0 amide bonds. The van der Waals surface area contributed by atoms with E-state index in [1.54, 1.807) is 6.20 Å². The van der Waals surface area contributed by atoms with Crippen molar-refractivity contribution in [2.24, 2.45) is 5.92 Å². The summed E-state index contributed by atoms with van der Waals surface area (Å²) in [7, 11) is 0. The van der Waals surface area contributed by atoms with E-state index in [9.17, 15) is 5.11 Å². The summed E-state index contributed by atoms with van der Waals surface area (Å²) in [5, 5.41) is 13.6. The minimum absolute atomic E-state index is 0.164. The van der Waals surface area contributed by atoms with E-state index in [4.69, 9.17) is 11.6 Å². The number of aliphatic hydroxyl groups is 1. The first-order valence-electron chi connectivity index (χ1n) is 6.02. The molecule has 1 heterocycles. The summed E-state index contributed by atoms with van der Waals surface area (Å²) >= 11 is 5.83. The van der Waals surface area contributed by atoms with E-state index in [-0.39, 0.29) is 12.1 Å². The van der Waals surface area contributed by atoms with Crippen LogP contribution in [0.25, 0.3) is 0 Å². The molecule has 0 aromatic carbocycles. The van der Waals surface area contributed by atoms with Crippen LogP contribution in [0.4, 0.5) is 0 Å². The fourth-order valence-electron chi connectivity index (χ4n) is 1.74. The molecule has 0 aliphatic heterocycles. The molecule has 1 aromatic rings. The zero-order valence-corrected chi connectivity index (χ0v) is 11.4. The number of aliphatic hydroxyl groups excluding tert-OH is 1. The normalized spacial score (nSPS) is 14.9. The third-order valence-electron chi connectivity index (χ3n) is 2.65. The van der Waals surface area contributed by atoms with E-state index in [2.05, 4.69) is 24.1 Å². The van der Waals surface area contributed by atoms with E-state index in [1.807, 2.05) is 19.1 Å². The Balaban J connectivity index is 2.42. The fourth-order valence-corrected chi connectivity index (χ4v) is 1.93. The molecule has 2 atom stereocenters. The van der Waals surface area contributed by atoms with Gasteiger partial charge in [-0.15, -0.1) is 0 Å². The zero-order chi connectivity index (χ0) is 12.8. The van der Waals surface area contributed by atoms with Gasteiger partial charge < -0.3 is 10.4 Å². The third-order valence-corrected chi connectivity index (χ3v) is 2.86. The average Bonchev–Trinajstić information content (AvgIpc) is 2.25. The van der Waals surface area contributed by atoms with Crippen LogP contribution < -0.4 is 5.32 Å². The summed E-state index contributed by atoms with van der Waals surface area (Å²) in [5.41, 5.74) is 1.08. The largest absolute Gasteiger partial charge is 0.392 e. The highest BCUT2D eigenvalue weighted by atomic mass is 35.5. The lowest BCUT2D eigenvalue weighted by Crippen LogP contribution is -2.30. The van der Waals surface area contributed by atoms with Crippen molar-refractivity contribution in [1.82, 2.24) is 10.3 Å². The standard InChI is InChI=1S/C13H21ClN2O/c1-9(2)6-12(17)8-16-10(3)11-4-5-15-13(14)7-11/h4-5,7,9-10,12,16-17H,6,8H2,1-3H3. The van der Waals surface area contributed by atoms with Gasteiger partial charge in [0.25, 0.3) is 0 Å². The van der Waals surface area contributed by atoms with E-state index >= 15 is 0 Å². The number of rotatable bonds is 6. The molecule has 17 heavy (non-hydrogen) atoms. The molecule has 1 aromatic heterocycles. The Kier molecular flexibility index (Phi) is 5.89. The second-order valence-electron chi connectivity index (χ2n) is 4.83. The van der Waals surface area contributed by atoms with Crippen LogP contribution in [0, 0.1) is 5.92 Å². The first kappa shape index (κ1) is 14.4. The Morgan fingerprint density at radius 3 is 2.71 bits per heavy atom. The minimum atomic E-state index is -0.297. The van der Waals surface area contributed by atoms with Crippen molar-refractivity contribution in [3.05, 3.63) is 29.0 Å². The Morgan fingerprint density at radius 1 is 1.41 bits per heavy atom. The minimum Gasteiger partial charge on any atom is -0.392 e. The molecule has 1 rings (SSSR count). The highest BCUT2D eigenvalue weighted by Crippen LogP contribution is 2.15. The first-order valence-corrected chi connectivity index (χ1v) is 6.39. The van der Waals surface area contributed by atoms with Gasteiger partial charge in [0, 0.05) is 18.8 Å².